The van der Waals surface area contributed by atoms with Gasteiger partial charge in [-0.15, -0.1) is 0 Å². The third-order valence-corrected chi connectivity index (χ3v) is 5.12. The molecular weight excluding hydrogens is 370 g/mol. The number of hydrogen-bond acceptors (Lipinski definition) is 6. The van der Waals surface area contributed by atoms with Crippen LogP contribution in [0, 0.1) is 5.92 Å². The van der Waals surface area contributed by atoms with Gasteiger partial charge >= 0.3 is 0 Å². The summed E-state index contributed by atoms with van der Waals surface area (Å²) in [4.78, 5) is 32.2. The van der Waals surface area contributed by atoms with Crippen LogP contribution in [-0.4, -0.2) is 32.4 Å². The molecule has 4 rings (SSSR count). The van der Waals surface area contributed by atoms with Crippen molar-refractivity contribution in [2.75, 3.05) is 10.6 Å². The first-order valence-electron chi connectivity index (χ1n) is 9.46. The normalized spacial score (nSPS) is 14.5. The molecule has 1 saturated carbocycles. The number of hydrogen-bond donors (Lipinski definition) is 4. The zero-order chi connectivity index (χ0) is 20.5. The quantitative estimate of drug-likeness (QED) is 0.460. The van der Waals surface area contributed by atoms with Gasteiger partial charge in [-0.05, 0) is 30.5 Å². The van der Waals surface area contributed by atoms with Crippen LogP contribution in [0.4, 0.5) is 17.3 Å². The Bertz CT molecular complexity index is 1090. The third-order valence-electron chi connectivity index (χ3n) is 5.12. The lowest BCUT2D eigenvalue weighted by atomic mass is 10.1. The van der Waals surface area contributed by atoms with Crippen molar-refractivity contribution in [3.63, 3.8) is 0 Å². The first kappa shape index (κ1) is 18.7. The zero-order valence-corrected chi connectivity index (χ0v) is 16.1. The molecule has 0 saturated heterocycles. The predicted octanol–water partition coefficient (Wildman–Crippen LogP) is 1.88. The molecular formula is C20H23N7O2. The molecule has 3 aromatic rings. The summed E-state index contributed by atoms with van der Waals surface area (Å²) in [6.45, 7) is 0. The lowest BCUT2D eigenvalue weighted by molar-refractivity contribution is -0.118. The van der Waals surface area contributed by atoms with Gasteiger partial charge in [-0.2, -0.15) is 0 Å². The summed E-state index contributed by atoms with van der Waals surface area (Å²) in [7, 11) is 1.95. The van der Waals surface area contributed by atoms with Crippen LogP contribution in [0.1, 0.15) is 29.8 Å². The highest BCUT2D eigenvalue weighted by Gasteiger charge is 2.28. The fourth-order valence-electron chi connectivity index (χ4n) is 3.38. The van der Waals surface area contributed by atoms with Gasteiger partial charge < -0.3 is 26.7 Å². The molecule has 9 nitrogen and oxygen atoms in total. The minimum absolute atomic E-state index is 0.0151. The van der Waals surface area contributed by atoms with Gasteiger partial charge in [0.05, 0.1) is 6.20 Å². The van der Waals surface area contributed by atoms with E-state index in [4.69, 9.17) is 11.5 Å². The number of nitrogens with one attached hydrogen (secondary N) is 2. The maximum Gasteiger partial charge on any atom is 0.271 e. The van der Waals surface area contributed by atoms with Gasteiger partial charge in [0, 0.05) is 29.8 Å². The second-order valence-electron chi connectivity index (χ2n) is 7.39. The standard InChI is InChI=1S/C20H23N7O2/c1-27-8-7-12-13(3-2-4-15(12)27)25-20-17(19(22)29)23-10-16(26-20)24-14(18(21)28)9-11-5-6-11/h2-4,7-8,10-11,14H,5-6,9H2,1H3,(H2,21,28)(H2,22,29)(H2,24,25,26)/t14-/m1/s1. The number of anilines is 3. The Hall–Kier alpha value is -3.62. The second-order valence-corrected chi connectivity index (χ2v) is 7.39. The zero-order valence-electron chi connectivity index (χ0n) is 16.1. The number of aromatic nitrogens is 3. The second kappa shape index (κ2) is 7.42. The first-order chi connectivity index (χ1) is 13.9. The van der Waals surface area contributed by atoms with Crippen molar-refractivity contribution in [2.45, 2.75) is 25.3 Å². The average molecular weight is 393 g/mol. The first-order valence-corrected chi connectivity index (χ1v) is 9.46. The van der Waals surface area contributed by atoms with E-state index in [-0.39, 0.29) is 11.5 Å². The number of fused-ring (bicyclic) bond motifs is 1. The van der Waals surface area contributed by atoms with Gasteiger partial charge in [-0.1, -0.05) is 18.9 Å². The highest BCUT2D eigenvalue weighted by Crippen LogP contribution is 2.34. The molecule has 6 N–H and O–H groups in total. The van der Waals surface area contributed by atoms with Gasteiger partial charge in [0.15, 0.2) is 11.5 Å². The fourth-order valence-corrected chi connectivity index (χ4v) is 3.38. The maximum absolute atomic E-state index is 11.9. The Morgan fingerprint density at radius 3 is 2.76 bits per heavy atom. The molecule has 0 aliphatic heterocycles. The number of carbonyl (C=O) groups is 2. The summed E-state index contributed by atoms with van der Waals surface area (Å²) < 4.78 is 1.99. The minimum Gasteiger partial charge on any atom is -0.368 e. The molecule has 1 fully saturated rings. The van der Waals surface area contributed by atoms with Crippen molar-refractivity contribution in [2.24, 2.45) is 24.4 Å². The molecule has 2 amide bonds. The molecule has 2 aromatic heterocycles. The SMILES string of the molecule is Cn1ccc2c(Nc3nc(N[C@H](CC4CC4)C(N)=O)cnc3C(N)=O)cccc21. The number of amides is 2. The van der Waals surface area contributed by atoms with Crippen LogP contribution in [0.2, 0.25) is 0 Å². The largest absolute Gasteiger partial charge is 0.368 e. The van der Waals surface area contributed by atoms with Crippen LogP contribution in [0.3, 0.4) is 0 Å². The topological polar surface area (TPSA) is 141 Å². The highest BCUT2D eigenvalue weighted by molar-refractivity contribution is 5.99. The molecule has 1 atom stereocenters. The average Bonchev–Trinajstić information content (AvgIpc) is 3.42. The Morgan fingerprint density at radius 2 is 2.07 bits per heavy atom. The summed E-state index contributed by atoms with van der Waals surface area (Å²) in [5, 5.41) is 7.17. The maximum atomic E-state index is 11.9. The molecule has 0 spiro atoms. The number of nitrogens with zero attached hydrogens (tertiary/aromatic N) is 3. The number of aryl methyl sites for hydroxylation is 1. The van der Waals surface area contributed by atoms with Gasteiger partial charge in [0.2, 0.25) is 5.91 Å². The lowest BCUT2D eigenvalue weighted by Crippen LogP contribution is -2.36. The highest BCUT2D eigenvalue weighted by atomic mass is 16.1. The Morgan fingerprint density at radius 1 is 1.28 bits per heavy atom. The van der Waals surface area contributed by atoms with Crippen LogP contribution < -0.4 is 22.1 Å². The Labute approximate surface area is 167 Å². The molecule has 150 valence electrons. The smallest absolute Gasteiger partial charge is 0.271 e. The lowest BCUT2D eigenvalue weighted by Gasteiger charge is -2.17. The van der Waals surface area contributed by atoms with Gasteiger partial charge in [0.25, 0.3) is 5.91 Å². The van der Waals surface area contributed by atoms with Crippen molar-refractivity contribution < 1.29 is 9.59 Å². The molecule has 0 unspecified atom stereocenters. The molecule has 0 bridgehead atoms. The number of rotatable bonds is 8. The van der Waals surface area contributed by atoms with Crippen molar-refractivity contribution in [1.82, 2.24) is 14.5 Å². The Balaban J connectivity index is 1.66. The molecule has 1 aliphatic carbocycles. The van der Waals surface area contributed by atoms with Crippen molar-refractivity contribution in [1.29, 1.82) is 0 Å². The summed E-state index contributed by atoms with van der Waals surface area (Å²) >= 11 is 0. The summed E-state index contributed by atoms with van der Waals surface area (Å²) in [5.74, 6) is -0.0701. The van der Waals surface area contributed by atoms with Crippen LogP contribution in [0.15, 0.2) is 36.7 Å². The van der Waals surface area contributed by atoms with E-state index in [9.17, 15) is 9.59 Å². The van der Waals surface area contributed by atoms with Gasteiger partial charge in [-0.3, -0.25) is 9.59 Å². The number of carbonyl (C=O) groups excluding carboxylic acids is 2. The van der Waals surface area contributed by atoms with E-state index in [1.165, 1.54) is 6.20 Å². The monoisotopic (exact) mass is 393 g/mol. The van der Waals surface area contributed by atoms with Crippen molar-refractivity contribution >= 4 is 40.0 Å². The van der Waals surface area contributed by atoms with E-state index in [0.29, 0.717) is 18.2 Å². The van der Waals surface area contributed by atoms with Gasteiger partial charge in [0.1, 0.15) is 11.9 Å². The third kappa shape index (κ3) is 3.98. The number of nitrogens with two attached hydrogens (primary N) is 2. The summed E-state index contributed by atoms with van der Waals surface area (Å²) in [6.07, 6.45) is 6.19. The summed E-state index contributed by atoms with van der Waals surface area (Å²) in [6, 6.07) is 7.21. The molecule has 29 heavy (non-hydrogen) atoms. The van der Waals surface area contributed by atoms with Crippen LogP contribution in [-0.2, 0) is 11.8 Å². The molecule has 1 aromatic carbocycles. The van der Waals surface area contributed by atoms with Crippen LogP contribution >= 0.6 is 0 Å². The van der Waals surface area contributed by atoms with Gasteiger partial charge in [-0.25, -0.2) is 9.97 Å². The van der Waals surface area contributed by atoms with Crippen molar-refractivity contribution in [3.8, 4) is 0 Å². The fraction of sp³-hybridized carbons (Fsp3) is 0.300. The molecule has 9 heteroatoms. The number of primary amides is 2. The van der Waals surface area contributed by atoms with E-state index < -0.39 is 17.9 Å². The van der Waals surface area contributed by atoms with Crippen molar-refractivity contribution in [3.05, 3.63) is 42.4 Å². The van der Waals surface area contributed by atoms with E-state index in [1.807, 2.05) is 42.1 Å². The summed E-state index contributed by atoms with van der Waals surface area (Å²) in [5.41, 5.74) is 12.8. The minimum atomic E-state index is -0.698. The van der Waals surface area contributed by atoms with Crippen LogP contribution in [0.5, 0.6) is 0 Å². The molecule has 2 heterocycles. The van der Waals surface area contributed by atoms with E-state index >= 15 is 0 Å². The number of benzene rings is 1. The molecule has 0 radical (unpaired) electrons. The predicted molar refractivity (Wildman–Crippen MR) is 111 cm³/mol. The Kier molecular flexibility index (Phi) is 4.79. The van der Waals surface area contributed by atoms with E-state index in [0.717, 1.165) is 29.4 Å². The van der Waals surface area contributed by atoms with Crippen LogP contribution in [0.25, 0.3) is 10.9 Å². The van der Waals surface area contributed by atoms with E-state index in [1.54, 1.807) is 0 Å². The molecule has 1 aliphatic rings. The van der Waals surface area contributed by atoms with E-state index in [2.05, 4.69) is 20.6 Å².